The number of nitrogens with one attached hydrogen (secondary N) is 1. The summed E-state index contributed by atoms with van der Waals surface area (Å²) in [5.74, 6) is -0.880. The Balaban J connectivity index is 2.45. The second-order valence-corrected chi connectivity index (χ2v) is 10.1. The number of anilines is 1. The van der Waals surface area contributed by atoms with Gasteiger partial charge in [-0.05, 0) is 50.1 Å². The van der Waals surface area contributed by atoms with Gasteiger partial charge in [-0.15, -0.1) is 0 Å². The van der Waals surface area contributed by atoms with Crippen LogP contribution in [-0.4, -0.2) is 50.5 Å². The van der Waals surface area contributed by atoms with E-state index in [0.717, 1.165) is 21.7 Å². The SMILES string of the molecule is CCNC(=O)[C@H](C)N(Cc1ccccc1C)C(=O)CN(c1cc(Cl)ccc1Cl)S(C)(=O)=O. The molecule has 10 heteroatoms. The lowest BCUT2D eigenvalue weighted by Crippen LogP contribution is -2.51. The van der Waals surface area contributed by atoms with Gasteiger partial charge in [0.05, 0.1) is 17.0 Å². The number of amides is 2. The largest absolute Gasteiger partial charge is 0.355 e. The number of hydrogen-bond donors (Lipinski definition) is 1. The Labute approximate surface area is 199 Å². The van der Waals surface area contributed by atoms with Crippen molar-refractivity contribution in [2.24, 2.45) is 0 Å². The average Bonchev–Trinajstić information content (AvgIpc) is 2.72. The van der Waals surface area contributed by atoms with E-state index in [9.17, 15) is 18.0 Å². The molecule has 7 nitrogen and oxygen atoms in total. The molecular weight excluding hydrogens is 473 g/mol. The van der Waals surface area contributed by atoms with Crippen molar-refractivity contribution in [3.05, 3.63) is 63.6 Å². The molecule has 0 saturated heterocycles. The molecule has 0 bridgehead atoms. The lowest BCUT2D eigenvalue weighted by molar-refractivity contribution is -0.139. The maximum Gasteiger partial charge on any atom is 0.244 e. The van der Waals surface area contributed by atoms with E-state index in [1.807, 2.05) is 31.2 Å². The van der Waals surface area contributed by atoms with E-state index in [1.54, 1.807) is 13.8 Å². The Morgan fingerprint density at radius 2 is 1.78 bits per heavy atom. The molecule has 0 aromatic heterocycles. The van der Waals surface area contributed by atoms with Gasteiger partial charge >= 0.3 is 0 Å². The van der Waals surface area contributed by atoms with Gasteiger partial charge < -0.3 is 10.2 Å². The van der Waals surface area contributed by atoms with Crippen molar-refractivity contribution in [3.63, 3.8) is 0 Å². The van der Waals surface area contributed by atoms with Crippen LogP contribution in [0.25, 0.3) is 0 Å². The molecule has 0 fully saturated rings. The molecule has 32 heavy (non-hydrogen) atoms. The summed E-state index contributed by atoms with van der Waals surface area (Å²) < 4.78 is 26.0. The molecular formula is C22H27Cl2N3O4S. The van der Waals surface area contributed by atoms with Crippen LogP contribution >= 0.6 is 23.2 Å². The maximum atomic E-state index is 13.4. The van der Waals surface area contributed by atoms with Crippen molar-refractivity contribution in [2.45, 2.75) is 33.4 Å². The fourth-order valence-electron chi connectivity index (χ4n) is 3.15. The Kier molecular flexibility index (Phi) is 8.95. The van der Waals surface area contributed by atoms with Crippen molar-refractivity contribution in [1.29, 1.82) is 0 Å². The molecule has 2 aromatic carbocycles. The molecule has 0 radical (unpaired) electrons. The number of aryl methyl sites for hydroxylation is 1. The molecule has 0 heterocycles. The Bertz CT molecular complexity index is 1090. The zero-order valence-corrected chi connectivity index (χ0v) is 20.8. The molecule has 0 aliphatic carbocycles. The summed E-state index contributed by atoms with van der Waals surface area (Å²) >= 11 is 12.2. The number of benzene rings is 2. The molecule has 2 amide bonds. The first-order chi connectivity index (χ1) is 15.0. The summed E-state index contributed by atoms with van der Waals surface area (Å²) in [5.41, 5.74) is 1.89. The van der Waals surface area contributed by atoms with E-state index in [-0.39, 0.29) is 28.2 Å². The van der Waals surface area contributed by atoms with E-state index in [4.69, 9.17) is 23.2 Å². The number of carbonyl (C=O) groups excluding carboxylic acids is 2. The van der Waals surface area contributed by atoms with E-state index in [0.29, 0.717) is 6.54 Å². The van der Waals surface area contributed by atoms with E-state index in [2.05, 4.69) is 5.32 Å². The molecule has 0 saturated carbocycles. The first kappa shape index (κ1) is 26.0. The number of likely N-dealkylation sites (N-methyl/N-ethyl adjacent to an activating group) is 1. The number of rotatable bonds is 9. The smallest absolute Gasteiger partial charge is 0.244 e. The fourth-order valence-corrected chi connectivity index (χ4v) is 4.44. The van der Waals surface area contributed by atoms with Crippen LogP contribution in [0.5, 0.6) is 0 Å². The zero-order chi connectivity index (χ0) is 24.1. The van der Waals surface area contributed by atoms with Crippen molar-refractivity contribution >= 4 is 50.7 Å². The number of halogens is 2. The fraction of sp³-hybridized carbons (Fsp3) is 0.364. The topological polar surface area (TPSA) is 86.8 Å². The standard InChI is InChI=1S/C22H27Cl2N3O4S/c1-5-25-22(29)16(3)26(13-17-9-7-6-8-15(17)2)21(28)14-27(32(4,30)31)20-12-18(23)10-11-19(20)24/h6-12,16H,5,13-14H2,1-4H3,(H,25,29)/t16-/m0/s1. The first-order valence-electron chi connectivity index (χ1n) is 10.00. The highest BCUT2D eigenvalue weighted by atomic mass is 35.5. The van der Waals surface area contributed by atoms with Crippen LogP contribution in [0.3, 0.4) is 0 Å². The molecule has 1 N–H and O–H groups in total. The first-order valence-corrected chi connectivity index (χ1v) is 12.6. The van der Waals surface area contributed by atoms with E-state index >= 15 is 0 Å². The number of carbonyl (C=O) groups is 2. The van der Waals surface area contributed by atoms with Crippen LogP contribution in [-0.2, 0) is 26.2 Å². The van der Waals surface area contributed by atoms with Crippen LogP contribution in [0.2, 0.25) is 10.0 Å². The summed E-state index contributed by atoms with van der Waals surface area (Å²) in [5, 5.41) is 3.12. The van der Waals surface area contributed by atoms with Crippen molar-refractivity contribution in [3.8, 4) is 0 Å². The maximum absolute atomic E-state index is 13.4. The molecule has 174 valence electrons. The van der Waals surface area contributed by atoms with Crippen molar-refractivity contribution < 1.29 is 18.0 Å². The van der Waals surface area contributed by atoms with Gasteiger partial charge in [0.15, 0.2) is 0 Å². The van der Waals surface area contributed by atoms with E-state index in [1.165, 1.54) is 23.1 Å². The molecule has 0 aliphatic heterocycles. The molecule has 0 spiro atoms. The van der Waals surface area contributed by atoms with Crippen LogP contribution < -0.4 is 9.62 Å². The monoisotopic (exact) mass is 499 g/mol. The minimum Gasteiger partial charge on any atom is -0.355 e. The van der Waals surface area contributed by atoms with Gasteiger partial charge in [-0.1, -0.05) is 47.5 Å². The number of sulfonamides is 1. The van der Waals surface area contributed by atoms with Crippen LogP contribution in [0.1, 0.15) is 25.0 Å². The van der Waals surface area contributed by atoms with Gasteiger partial charge in [0, 0.05) is 18.1 Å². The minimum absolute atomic E-state index is 0.0940. The second kappa shape index (κ2) is 11.0. The number of nitrogens with zero attached hydrogens (tertiary/aromatic N) is 2. The highest BCUT2D eigenvalue weighted by molar-refractivity contribution is 7.92. The molecule has 0 unspecified atom stereocenters. The van der Waals surface area contributed by atoms with Crippen molar-refractivity contribution in [2.75, 3.05) is 23.7 Å². The highest BCUT2D eigenvalue weighted by Crippen LogP contribution is 2.31. The summed E-state index contributed by atoms with van der Waals surface area (Å²) in [6.45, 7) is 5.31. The molecule has 2 rings (SSSR count). The summed E-state index contributed by atoms with van der Waals surface area (Å²) in [6, 6.07) is 11.0. The van der Waals surface area contributed by atoms with E-state index < -0.39 is 28.5 Å². The second-order valence-electron chi connectivity index (χ2n) is 7.38. The van der Waals surface area contributed by atoms with Gasteiger partial charge in [-0.25, -0.2) is 8.42 Å². The Morgan fingerprint density at radius 3 is 2.38 bits per heavy atom. The van der Waals surface area contributed by atoms with Crippen LogP contribution in [0.4, 0.5) is 5.69 Å². The predicted molar refractivity (Wildman–Crippen MR) is 129 cm³/mol. The molecule has 0 aliphatic rings. The van der Waals surface area contributed by atoms with Crippen LogP contribution in [0.15, 0.2) is 42.5 Å². The third kappa shape index (κ3) is 6.60. The minimum atomic E-state index is -3.88. The van der Waals surface area contributed by atoms with Gasteiger partial charge in [-0.3, -0.25) is 13.9 Å². The third-order valence-corrected chi connectivity index (χ3v) is 6.66. The third-order valence-electron chi connectivity index (χ3n) is 4.98. The quantitative estimate of drug-likeness (QED) is 0.570. The Morgan fingerprint density at radius 1 is 1.12 bits per heavy atom. The van der Waals surface area contributed by atoms with Gasteiger partial charge in [0.25, 0.3) is 0 Å². The summed E-state index contributed by atoms with van der Waals surface area (Å²) in [4.78, 5) is 27.3. The zero-order valence-electron chi connectivity index (χ0n) is 18.4. The Hall–Kier alpha value is -2.29. The summed E-state index contributed by atoms with van der Waals surface area (Å²) in [7, 11) is -3.88. The lowest BCUT2D eigenvalue weighted by atomic mass is 10.1. The predicted octanol–water partition coefficient (Wildman–Crippen LogP) is 3.62. The normalized spacial score (nSPS) is 12.2. The van der Waals surface area contributed by atoms with Crippen molar-refractivity contribution in [1.82, 2.24) is 10.2 Å². The molecule has 2 aromatic rings. The summed E-state index contributed by atoms with van der Waals surface area (Å²) in [6.07, 6.45) is 0.983. The van der Waals surface area contributed by atoms with Gasteiger partial charge in [0.1, 0.15) is 12.6 Å². The number of hydrogen-bond acceptors (Lipinski definition) is 4. The molecule has 1 atom stereocenters. The van der Waals surface area contributed by atoms with Gasteiger partial charge in [-0.2, -0.15) is 0 Å². The van der Waals surface area contributed by atoms with Gasteiger partial charge in [0.2, 0.25) is 21.8 Å². The highest BCUT2D eigenvalue weighted by Gasteiger charge is 2.31. The average molecular weight is 500 g/mol. The van der Waals surface area contributed by atoms with Crippen LogP contribution in [0, 0.1) is 6.92 Å². The lowest BCUT2D eigenvalue weighted by Gasteiger charge is -2.32.